The van der Waals surface area contributed by atoms with Crippen LogP contribution in [-0.4, -0.2) is 33.9 Å². The third-order valence-electron chi connectivity index (χ3n) is 5.96. The molecule has 2 N–H and O–H groups in total. The van der Waals surface area contributed by atoms with Gasteiger partial charge in [0.1, 0.15) is 0 Å². The van der Waals surface area contributed by atoms with E-state index >= 15 is 0 Å². The Morgan fingerprint density at radius 2 is 1.77 bits per heavy atom. The van der Waals surface area contributed by atoms with E-state index in [1.807, 2.05) is 18.2 Å². The molecule has 1 aliphatic carbocycles. The molecule has 168 valence electrons. The molecule has 3 rings (SSSR count). The molecule has 2 atom stereocenters. The van der Waals surface area contributed by atoms with Gasteiger partial charge < -0.3 is 20.1 Å². The van der Waals surface area contributed by atoms with Gasteiger partial charge in [-0.05, 0) is 62.2 Å². The first kappa shape index (κ1) is 26.9. The summed E-state index contributed by atoms with van der Waals surface area (Å²) in [6.07, 6.45) is 5.60. The largest absolute Gasteiger partial charge is 0.493 e. The molecule has 0 amide bonds. The van der Waals surface area contributed by atoms with Crippen LogP contribution in [0.5, 0.6) is 11.5 Å². The van der Waals surface area contributed by atoms with Gasteiger partial charge in [-0.25, -0.2) is 0 Å². The molecule has 0 unspecified atom stereocenters. The Labute approximate surface area is 197 Å². The highest BCUT2D eigenvalue weighted by Crippen LogP contribution is 2.40. The first-order valence-electron chi connectivity index (χ1n) is 10.0. The minimum Gasteiger partial charge on any atom is -0.493 e. The molecule has 0 radical (unpaired) electrons. The summed E-state index contributed by atoms with van der Waals surface area (Å²) in [5, 5.41) is 8.27. The summed E-state index contributed by atoms with van der Waals surface area (Å²) in [7, 11) is 5.39. The van der Waals surface area contributed by atoms with Crippen molar-refractivity contribution in [1.82, 2.24) is 10.6 Å². The zero-order chi connectivity index (χ0) is 20.0. The summed E-state index contributed by atoms with van der Waals surface area (Å²) in [6.45, 7) is 0.897. The smallest absolute Gasteiger partial charge is 0.160 e. The van der Waals surface area contributed by atoms with Gasteiger partial charge in [0.15, 0.2) is 11.5 Å². The van der Waals surface area contributed by atoms with E-state index in [4.69, 9.17) is 21.1 Å². The molecule has 4 nitrogen and oxygen atoms in total. The minimum atomic E-state index is -0.131. The fraction of sp³-hybridized carbons (Fsp3) is 0.478. The number of rotatable bonds is 8. The molecule has 0 bridgehead atoms. The van der Waals surface area contributed by atoms with Crippen LogP contribution in [0.3, 0.4) is 0 Å². The number of benzene rings is 2. The molecule has 30 heavy (non-hydrogen) atoms. The average molecular weight is 476 g/mol. The van der Waals surface area contributed by atoms with Gasteiger partial charge in [-0.15, -0.1) is 24.8 Å². The van der Waals surface area contributed by atoms with Crippen LogP contribution in [0.25, 0.3) is 0 Å². The monoisotopic (exact) mass is 474 g/mol. The number of hydrogen-bond donors (Lipinski definition) is 2. The van der Waals surface area contributed by atoms with Gasteiger partial charge in [-0.3, -0.25) is 0 Å². The number of methoxy groups -OCH3 is 2. The third kappa shape index (κ3) is 5.74. The molecule has 2 aromatic carbocycles. The Bertz CT molecular complexity index is 791. The fourth-order valence-electron chi connectivity index (χ4n) is 4.46. The van der Waals surface area contributed by atoms with Crippen LogP contribution in [0, 0.1) is 0 Å². The van der Waals surface area contributed by atoms with Gasteiger partial charge in [0.05, 0.1) is 19.8 Å². The number of hydrogen-bond acceptors (Lipinski definition) is 4. The minimum absolute atomic E-state index is 0. The van der Waals surface area contributed by atoms with E-state index in [1.165, 1.54) is 24.0 Å². The first-order valence-corrected chi connectivity index (χ1v) is 10.4. The molecule has 7 heteroatoms. The van der Waals surface area contributed by atoms with Crippen molar-refractivity contribution in [3.8, 4) is 11.5 Å². The van der Waals surface area contributed by atoms with Crippen molar-refractivity contribution in [2.75, 3.05) is 27.8 Å². The quantitative estimate of drug-likeness (QED) is 0.537. The molecular formula is C23H33Cl3N2O2. The first-order chi connectivity index (χ1) is 13.6. The van der Waals surface area contributed by atoms with Crippen LogP contribution in [0.1, 0.15) is 36.8 Å². The molecule has 1 aliphatic rings. The summed E-state index contributed by atoms with van der Waals surface area (Å²) in [6, 6.07) is 14.7. The lowest BCUT2D eigenvalue weighted by Gasteiger charge is -2.45. The molecule has 1 fully saturated rings. The van der Waals surface area contributed by atoms with Gasteiger partial charge in [0.2, 0.25) is 0 Å². The Balaban J connectivity index is 0.00000225. The molecule has 0 aliphatic heterocycles. The Kier molecular flexibility index (Phi) is 11.3. The molecule has 2 aromatic rings. The summed E-state index contributed by atoms with van der Waals surface area (Å²) < 4.78 is 10.8. The van der Waals surface area contributed by atoms with Crippen LogP contribution in [0.4, 0.5) is 0 Å². The maximum Gasteiger partial charge on any atom is 0.160 e. The predicted molar refractivity (Wildman–Crippen MR) is 130 cm³/mol. The van der Waals surface area contributed by atoms with E-state index in [2.05, 4.69) is 41.9 Å². The van der Waals surface area contributed by atoms with Crippen LogP contribution in [0.2, 0.25) is 5.02 Å². The van der Waals surface area contributed by atoms with Gasteiger partial charge in [-0.1, -0.05) is 48.7 Å². The highest BCUT2D eigenvalue weighted by Gasteiger charge is 2.41. The van der Waals surface area contributed by atoms with Crippen molar-refractivity contribution >= 4 is 36.4 Å². The van der Waals surface area contributed by atoms with Crippen molar-refractivity contribution in [3.63, 3.8) is 0 Å². The topological polar surface area (TPSA) is 42.5 Å². The SMILES string of the molecule is CN[C@@]1(c2ccccc2Cl)CCCC[C@H]1NCCc1ccc(OC)c(OC)c1.Cl.Cl. The lowest BCUT2D eigenvalue weighted by Crippen LogP contribution is -2.58. The Hall–Kier alpha value is -1.17. The maximum atomic E-state index is 6.59. The van der Waals surface area contributed by atoms with E-state index in [0.717, 1.165) is 42.3 Å². The van der Waals surface area contributed by atoms with E-state index < -0.39 is 0 Å². The lowest BCUT2D eigenvalue weighted by atomic mass is 9.72. The van der Waals surface area contributed by atoms with Crippen molar-refractivity contribution in [3.05, 3.63) is 58.6 Å². The average Bonchev–Trinajstić information content (AvgIpc) is 2.74. The van der Waals surface area contributed by atoms with Crippen LogP contribution < -0.4 is 20.1 Å². The lowest BCUT2D eigenvalue weighted by molar-refractivity contribution is 0.179. The van der Waals surface area contributed by atoms with E-state index in [9.17, 15) is 0 Å². The normalized spacial score (nSPS) is 20.6. The van der Waals surface area contributed by atoms with Crippen molar-refractivity contribution in [1.29, 1.82) is 0 Å². The second-order valence-electron chi connectivity index (χ2n) is 7.39. The molecule has 0 heterocycles. The predicted octanol–water partition coefficient (Wildman–Crippen LogP) is 5.39. The Morgan fingerprint density at radius 1 is 1.03 bits per heavy atom. The zero-order valence-electron chi connectivity index (χ0n) is 17.9. The summed E-state index contributed by atoms with van der Waals surface area (Å²) >= 11 is 6.59. The summed E-state index contributed by atoms with van der Waals surface area (Å²) in [5.74, 6) is 1.54. The number of halogens is 3. The molecule has 1 saturated carbocycles. The standard InChI is InChI=1S/C23H31ClN2O2.2ClH/c1-25-23(18-8-4-5-9-19(18)24)14-7-6-10-22(23)26-15-13-17-11-12-20(27-2)21(16-17)28-3;;/h4-5,8-9,11-12,16,22,25-26H,6-7,10,13-15H2,1-3H3;2*1H/t22-,23-;;/m1../s1. The van der Waals surface area contributed by atoms with Crippen molar-refractivity contribution in [2.24, 2.45) is 0 Å². The molecular weight excluding hydrogens is 443 g/mol. The van der Waals surface area contributed by atoms with Crippen molar-refractivity contribution < 1.29 is 9.47 Å². The van der Waals surface area contributed by atoms with Gasteiger partial charge >= 0.3 is 0 Å². The summed E-state index contributed by atoms with van der Waals surface area (Å²) in [4.78, 5) is 0. The van der Waals surface area contributed by atoms with E-state index in [0.29, 0.717) is 6.04 Å². The van der Waals surface area contributed by atoms with Gasteiger partial charge in [0.25, 0.3) is 0 Å². The van der Waals surface area contributed by atoms with Gasteiger partial charge in [0, 0.05) is 11.1 Å². The summed E-state index contributed by atoms with van der Waals surface area (Å²) in [5.41, 5.74) is 2.30. The van der Waals surface area contributed by atoms with Crippen LogP contribution in [0.15, 0.2) is 42.5 Å². The highest BCUT2D eigenvalue weighted by atomic mass is 35.5. The Morgan fingerprint density at radius 3 is 2.43 bits per heavy atom. The third-order valence-corrected chi connectivity index (χ3v) is 6.29. The van der Waals surface area contributed by atoms with Crippen LogP contribution >= 0.6 is 36.4 Å². The van der Waals surface area contributed by atoms with E-state index in [-0.39, 0.29) is 30.4 Å². The van der Waals surface area contributed by atoms with Crippen molar-refractivity contribution in [2.45, 2.75) is 43.7 Å². The molecule has 0 aromatic heterocycles. The highest BCUT2D eigenvalue weighted by molar-refractivity contribution is 6.31. The number of ether oxygens (including phenoxy) is 2. The molecule has 0 spiro atoms. The number of likely N-dealkylation sites (N-methyl/N-ethyl adjacent to an activating group) is 1. The van der Waals surface area contributed by atoms with Gasteiger partial charge in [-0.2, -0.15) is 0 Å². The second-order valence-corrected chi connectivity index (χ2v) is 7.80. The fourth-order valence-corrected chi connectivity index (χ4v) is 4.76. The zero-order valence-corrected chi connectivity index (χ0v) is 20.3. The molecule has 0 saturated heterocycles. The van der Waals surface area contributed by atoms with E-state index in [1.54, 1.807) is 14.2 Å². The number of nitrogens with one attached hydrogen (secondary N) is 2. The maximum absolute atomic E-state index is 6.59. The second kappa shape index (κ2) is 12.6. The van der Waals surface area contributed by atoms with Crippen LogP contribution in [-0.2, 0) is 12.0 Å².